The van der Waals surface area contributed by atoms with Crippen molar-refractivity contribution in [1.29, 1.82) is 0 Å². The SMILES string of the molecule is COc1cccc(OC)c1C(NN)c1ccc(F)c(Br)c1. The molecule has 2 rings (SSSR count). The maximum absolute atomic E-state index is 13.4. The van der Waals surface area contributed by atoms with E-state index in [4.69, 9.17) is 15.3 Å². The van der Waals surface area contributed by atoms with Crippen LogP contribution in [0.3, 0.4) is 0 Å². The highest BCUT2D eigenvalue weighted by Gasteiger charge is 2.22. The Kier molecular flexibility index (Phi) is 5.17. The predicted octanol–water partition coefficient (Wildman–Crippen LogP) is 3.16. The summed E-state index contributed by atoms with van der Waals surface area (Å²) in [5, 5.41) is 0. The van der Waals surface area contributed by atoms with Crippen molar-refractivity contribution in [2.24, 2.45) is 5.84 Å². The molecule has 0 saturated carbocycles. The third-order valence-electron chi connectivity index (χ3n) is 3.20. The van der Waals surface area contributed by atoms with Crippen LogP contribution in [0.25, 0.3) is 0 Å². The second-order valence-corrected chi connectivity index (χ2v) is 5.20. The molecule has 6 heteroatoms. The summed E-state index contributed by atoms with van der Waals surface area (Å²) in [5.74, 6) is 6.64. The molecular formula is C15H16BrFN2O2. The Morgan fingerprint density at radius 2 is 1.76 bits per heavy atom. The molecular weight excluding hydrogens is 339 g/mol. The van der Waals surface area contributed by atoms with Gasteiger partial charge in [-0.05, 0) is 45.8 Å². The first-order valence-corrected chi connectivity index (χ1v) is 7.03. The van der Waals surface area contributed by atoms with Crippen molar-refractivity contribution in [2.45, 2.75) is 6.04 Å². The second kappa shape index (κ2) is 6.89. The molecule has 0 heterocycles. The zero-order valence-electron chi connectivity index (χ0n) is 11.7. The monoisotopic (exact) mass is 354 g/mol. The van der Waals surface area contributed by atoms with Crippen molar-refractivity contribution in [3.05, 3.63) is 57.8 Å². The maximum atomic E-state index is 13.4. The van der Waals surface area contributed by atoms with Gasteiger partial charge >= 0.3 is 0 Å². The van der Waals surface area contributed by atoms with Crippen molar-refractivity contribution in [2.75, 3.05) is 14.2 Å². The van der Waals surface area contributed by atoms with Crippen molar-refractivity contribution in [1.82, 2.24) is 5.43 Å². The largest absolute Gasteiger partial charge is 0.496 e. The summed E-state index contributed by atoms with van der Waals surface area (Å²) in [6.07, 6.45) is 0. The lowest BCUT2D eigenvalue weighted by molar-refractivity contribution is 0.377. The van der Waals surface area contributed by atoms with E-state index in [0.29, 0.717) is 16.0 Å². The van der Waals surface area contributed by atoms with Crippen molar-refractivity contribution in [3.63, 3.8) is 0 Å². The molecule has 21 heavy (non-hydrogen) atoms. The molecule has 0 saturated heterocycles. The zero-order valence-corrected chi connectivity index (χ0v) is 13.3. The molecule has 0 aliphatic heterocycles. The molecule has 3 N–H and O–H groups in total. The van der Waals surface area contributed by atoms with Crippen LogP contribution in [0.1, 0.15) is 17.2 Å². The summed E-state index contributed by atoms with van der Waals surface area (Å²) in [7, 11) is 3.15. The van der Waals surface area contributed by atoms with Crippen LogP contribution in [0.4, 0.5) is 4.39 Å². The molecule has 0 radical (unpaired) electrons. The number of hydrogen-bond acceptors (Lipinski definition) is 4. The smallest absolute Gasteiger partial charge is 0.137 e. The van der Waals surface area contributed by atoms with E-state index >= 15 is 0 Å². The van der Waals surface area contributed by atoms with Crippen LogP contribution in [0, 0.1) is 5.82 Å². The first-order valence-electron chi connectivity index (χ1n) is 6.24. The molecule has 0 fully saturated rings. The third kappa shape index (κ3) is 3.18. The fourth-order valence-corrected chi connectivity index (χ4v) is 2.60. The standard InChI is InChI=1S/C15H16BrFN2O2/c1-20-12-4-3-5-13(21-2)14(12)15(19-18)9-6-7-11(17)10(16)8-9/h3-8,15,19H,18H2,1-2H3. The van der Waals surface area contributed by atoms with Crippen LogP contribution in [0.2, 0.25) is 0 Å². The van der Waals surface area contributed by atoms with Crippen LogP contribution in [0.15, 0.2) is 40.9 Å². The van der Waals surface area contributed by atoms with Crippen molar-refractivity contribution in [3.8, 4) is 11.5 Å². The third-order valence-corrected chi connectivity index (χ3v) is 3.81. The molecule has 2 aromatic rings. The van der Waals surface area contributed by atoms with Gasteiger partial charge in [0.05, 0.1) is 30.3 Å². The first kappa shape index (κ1) is 15.8. The molecule has 0 aliphatic carbocycles. The van der Waals surface area contributed by atoms with E-state index < -0.39 is 6.04 Å². The zero-order chi connectivity index (χ0) is 15.4. The maximum Gasteiger partial charge on any atom is 0.137 e. The molecule has 4 nitrogen and oxygen atoms in total. The van der Waals surface area contributed by atoms with Crippen LogP contribution >= 0.6 is 15.9 Å². The minimum absolute atomic E-state index is 0.332. The Morgan fingerprint density at radius 1 is 1.14 bits per heavy atom. The van der Waals surface area contributed by atoms with E-state index in [1.807, 2.05) is 18.2 Å². The van der Waals surface area contributed by atoms with Gasteiger partial charge in [0.1, 0.15) is 17.3 Å². The van der Waals surface area contributed by atoms with Gasteiger partial charge in [0.25, 0.3) is 0 Å². The molecule has 0 aromatic heterocycles. The highest BCUT2D eigenvalue weighted by Crippen LogP contribution is 2.37. The number of ether oxygens (including phenoxy) is 2. The average Bonchev–Trinajstić information content (AvgIpc) is 2.51. The molecule has 0 aliphatic rings. The Bertz CT molecular complexity index is 615. The lowest BCUT2D eigenvalue weighted by Gasteiger charge is -2.22. The average molecular weight is 355 g/mol. The van der Waals surface area contributed by atoms with Crippen LogP contribution in [-0.2, 0) is 0 Å². The van der Waals surface area contributed by atoms with Gasteiger partial charge in [0.15, 0.2) is 0 Å². The summed E-state index contributed by atoms with van der Waals surface area (Å²) < 4.78 is 24.6. The van der Waals surface area contributed by atoms with Gasteiger partial charge in [-0.15, -0.1) is 0 Å². The van der Waals surface area contributed by atoms with Crippen molar-refractivity contribution < 1.29 is 13.9 Å². The Hall–Kier alpha value is -1.63. The molecule has 0 amide bonds. The van der Waals surface area contributed by atoms with Crippen LogP contribution in [-0.4, -0.2) is 14.2 Å². The number of nitrogens with one attached hydrogen (secondary N) is 1. The number of methoxy groups -OCH3 is 2. The minimum Gasteiger partial charge on any atom is -0.496 e. The van der Waals surface area contributed by atoms with Gasteiger partial charge < -0.3 is 9.47 Å². The number of hydrogen-bond donors (Lipinski definition) is 2. The first-order chi connectivity index (χ1) is 10.1. The van der Waals surface area contributed by atoms with Gasteiger partial charge in [0, 0.05) is 0 Å². The van der Waals surface area contributed by atoms with E-state index in [-0.39, 0.29) is 5.82 Å². The van der Waals surface area contributed by atoms with Gasteiger partial charge in [-0.3, -0.25) is 5.84 Å². The second-order valence-electron chi connectivity index (χ2n) is 4.35. The van der Waals surface area contributed by atoms with Crippen LogP contribution < -0.4 is 20.7 Å². The number of halogens is 2. The van der Waals surface area contributed by atoms with E-state index in [9.17, 15) is 4.39 Å². The number of benzene rings is 2. The summed E-state index contributed by atoms with van der Waals surface area (Å²) in [5.41, 5.74) is 4.27. The Morgan fingerprint density at radius 3 is 2.24 bits per heavy atom. The summed E-state index contributed by atoms with van der Waals surface area (Å²) in [6, 6.07) is 9.79. The van der Waals surface area contributed by atoms with Crippen molar-refractivity contribution >= 4 is 15.9 Å². The number of hydrazine groups is 1. The van der Waals surface area contributed by atoms with Gasteiger partial charge in [0.2, 0.25) is 0 Å². The molecule has 2 aromatic carbocycles. The highest BCUT2D eigenvalue weighted by atomic mass is 79.9. The lowest BCUT2D eigenvalue weighted by Crippen LogP contribution is -2.29. The highest BCUT2D eigenvalue weighted by molar-refractivity contribution is 9.10. The summed E-state index contributed by atoms with van der Waals surface area (Å²) in [6.45, 7) is 0. The molecule has 112 valence electrons. The fourth-order valence-electron chi connectivity index (χ4n) is 2.20. The van der Waals surface area contributed by atoms with Gasteiger partial charge in [-0.2, -0.15) is 0 Å². The van der Waals surface area contributed by atoms with E-state index in [1.165, 1.54) is 6.07 Å². The van der Waals surface area contributed by atoms with Crippen LogP contribution in [0.5, 0.6) is 11.5 Å². The quantitative estimate of drug-likeness (QED) is 0.639. The number of nitrogens with two attached hydrogens (primary N) is 1. The molecule has 0 bridgehead atoms. The molecule has 1 unspecified atom stereocenters. The minimum atomic E-state index is -0.395. The summed E-state index contributed by atoms with van der Waals surface area (Å²) >= 11 is 3.18. The topological polar surface area (TPSA) is 56.5 Å². The van der Waals surface area contributed by atoms with E-state index in [1.54, 1.807) is 26.4 Å². The lowest BCUT2D eigenvalue weighted by atomic mass is 9.97. The predicted molar refractivity (Wildman–Crippen MR) is 82.8 cm³/mol. The van der Waals surface area contributed by atoms with E-state index in [0.717, 1.165) is 11.1 Å². The number of rotatable bonds is 5. The Balaban J connectivity index is 2.57. The van der Waals surface area contributed by atoms with Gasteiger partial charge in [-0.25, -0.2) is 9.82 Å². The summed E-state index contributed by atoms with van der Waals surface area (Å²) in [4.78, 5) is 0. The normalized spacial score (nSPS) is 12.0. The Labute approximate surface area is 131 Å². The fraction of sp³-hybridized carbons (Fsp3) is 0.200. The molecule has 1 atom stereocenters. The van der Waals surface area contributed by atoms with E-state index in [2.05, 4.69) is 21.4 Å². The molecule has 0 spiro atoms. The van der Waals surface area contributed by atoms with Gasteiger partial charge in [-0.1, -0.05) is 12.1 Å².